The molecule has 0 unspecified atom stereocenters. The fourth-order valence-corrected chi connectivity index (χ4v) is 1.24. The van der Waals surface area contributed by atoms with Crippen LogP contribution >= 0.6 is 11.6 Å². The minimum Gasteiger partial charge on any atom is -0.381 e. The van der Waals surface area contributed by atoms with Gasteiger partial charge in [0.1, 0.15) is 5.60 Å². The zero-order valence-corrected chi connectivity index (χ0v) is 10.7. The number of nitrogens with zero attached hydrogens (tertiary/aromatic N) is 1. The normalized spacial score (nSPS) is 12.4. The number of carbonyl (C=O) groups is 1. The van der Waals surface area contributed by atoms with Crippen LogP contribution in [0.1, 0.15) is 26.3 Å². The summed E-state index contributed by atoms with van der Waals surface area (Å²) >= 11 is 5.84. The minimum absolute atomic E-state index is 0.557. The predicted octanol–water partition coefficient (Wildman–Crippen LogP) is 1.95. The molecule has 0 aliphatic carbocycles. The molecule has 0 aliphatic rings. The van der Waals surface area contributed by atoms with Crippen LogP contribution in [-0.2, 0) is 4.79 Å². The largest absolute Gasteiger partial charge is 0.381 e. The maximum absolute atomic E-state index is 11.4. The Morgan fingerprint density at radius 3 is 2.65 bits per heavy atom. The first-order valence-corrected chi connectivity index (χ1v) is 5.51. The van der Waals surface area contributed by atoms with E-state index in [4.69, 9.17) is 11.6 Å². The Bertz CT molecular complexity index is 450. The average Bonchev–Trinajstić information content (AvgIpc) is 2.24. The molecule has 2 N–H and O–H groups in total. The highest BCUT2D eigenvalue weighted by molar-refractivity contribution is 6.31. The molecule has 0 aromatic heterocycles. The Kier molecular flexibility index (Phi) is 4.26. The van der Waals surface area contributed by atoms with Gasteiger partial charge in [-0.25, -0.2) is 5.43 Å². The van der Waals surface area contributed by atoms with Crippen molar-refractivity contribution in [2.24, 2.45) is 5.10 Å². The molecule has 0 saturated heterocycles. The Hall–Kier alpha value is -1.39. The Balaban J connectivity index is 2.77. The molecule has 1 aromatic rings. The lowest BCUT2D eigenvalue weighted by molar-refractivity contribution is -0.136. The van der Waals surface area contributed by atoms with E-state index in [1.165, 1.54) is 13.8 Å². The molecule has 0 aliphatic heterocycles. The van der Waals surface area contributed by atoms with Gasteiger partial charge in [-0.3, -0.25) is 4.79 Å². The van der Waals surface area contributed by atoms with E-state index in [1.807, 2.05) is 6.07 Å². The summed E-state index contributed by atoms with van der Waals surface area (Å²) < 4.78 is 0. The number of amides is 1. The van der Waals surface area contributed by atoms with Gasteiger partial charge >= 0.3 is 0 Å². The molecule has 1 aromatic carbocycles. The van der Waals surface area contributed by atoms with E-state index in [0.29, 0.717) is 10.7 Å². The zero-order valence-electron chi connectivity index (χ0n) is 9.99. The number of benzene rings is 1. The summed E-state index contributed by atoms with van der Waals surface area (Å²) in [5.41, 5.74) is 2.28. The Labute approximate surface area is 105 Å². The lowest BCUT2D eigenvalue weighted by Gasteiger charge is -2.14. The predicted molar refractivity (Wildman–Crippen MR) is 68.1 cm³/mol. The topological polar surface area (TPSA) is 61.7 Å². The second-order valence-corrected chi connectivity index (χ2v) is 4.64. The van der Waals surface area contributed by atoms with Crippen LogP contribution in [0.15, 0.2) is 29.4 Å². The number of halogens is 1. The third kappa shape index (κ3) is 4.17. The molecule has 0 atom stereocenters. The van der Waals surface area contributed by atoms with Crippen molar-refractivity contribution in [2.45, 2.75) is 26.4 Å². The minimum atomic E-state index is -1.45. The highest BCUT2D eigenvalue weighted by Gasteiger charge is 2.23. The van der Waals surface area contributed by atoms with Crippen LogP contribution in [0.3, 0.4) is 0 Å². The van der Waals surface area contributed by atoms with Crippen molar-refractivity contribution in [3.63, 3.8) is 0 Å². The summed E-state index contributed by atoms with van der Waals surface area (Å²) in [7, 11) is 0. The van der Waals surface area contributed by atoms with E-state index in [9.17, 15) is 9.90 Å². The molecule has 92 valence electrons. The van der Waals surface area contributed by atoms with Crippen molar-refractivity contribution in [2.75, 3.05) is 0 Å². The number of hydrogen-bond acceptors (Lipinski definition) is 3. The monoisotopic (exact) mass is 254 g/mol. The van der Waals surface area contributed by atoms with Gasteiger partial charge in [-0.05, 0) is 38.5 Å². The van der Waals surface area contributed by atoms with Crippen LogP contribution in [0.2, 0.25) is 5.02 Å². The van der Waals surface area contributed by atoms with Crippen LogP contribution < -0.4 is 5.43 Å². The number of nitrogens with one attached hydrogen (secondary N) is 1. The first-order valence-electron chi connectivity index (χ1n) is 5.14. The van der Waals surface area contributed by atoms with Crippen LogP contribution in [0, 0.1) is 0 Å². The quantitative estimate of drug-likeness (QED) is 0.640. The molecule has 0 spiro atoms. The SMILES string of the molecule is CC(=NNC(=O)C(C)(C)O)c1cccc(Cl)c1. The summed E-state index contributed by atoms with van der Waals surface area (Å²) in [4.78, 5) is 11.4. The van der Waals surface area contributed by atoms with Gasteiger partial charge in [0.05, 0.1) is 5.71 Å². The van der Waals surface area contributed by atoms with Crippen molar-refractivity contribution < 1.29 is 9.90 Å². The highest BCUT2D eigenvalue weighted by atomic mass is 35.5. The Morgan fingerprint density at radius 2 is 2.12 bits per heavy atom. The van der Waals surface area contributed by atoms with Gasteiger partial charge in [-0.15, -0.1) is 0 Å². The van der Waals surface area contributed by atoms with Crippen molar-refractivity contribution in [3.8, 4) is 0 Å². The molecule has 0 fully saturated rings. The summed E-state index contributed by atoms with van der Waals surface area (Å²) in [6.45, 7) is 4.54. The van der Waals surface area contributed by atoms with Gasteiger partial charge < -0.3 is 5.11 Å². The van der Waals surface area contributed by atoms with Gasteiger partial charge in [0.15, 0.2) is 0 Å². The summed E-state index contributed by atoms with van der Waals surface area (Å²) in [6.07, 6.45) is 0. The van der Waals surface area contributed by atoms with Crippen molar-refractivity contribution in [1.82, 2.24) is 5.43 Å². The number of hydrazone groups is 1. The lowest BCUT2D eigenvalue weighted by Crippen LogP contribution is -2.39. The summed E-state index contributed by atoms with van der Waals surface area (Å²) in [6, 6.07) is 7.14. The van der Waals surface area contributed by atoms with E-state index in [2.05, 4.69) is 10.5 Å². The van der Waals surface area contributed by atoms with Gasteiger partial charge in [-0.2, -0.15) is 5.10 Å². The molecule has 0 radical (unpaired) electrons. The number of hydrogen-bond donors (Lipinski definition) is 2. The zero-order chi connectivity index (χ0) is 13.1. The Morgan fingerprint density at radius 1 is 1.47 bits per heavy atom. The molecule has 0 heterocycles. The molecule has 1 rings (SSSR count). The fourth-order valence-electron chi connectivity index (χ4n) is 1.05. The van der Waals surface area contributed by atoms with Gasteiger partial charge in [0.25, 0.3) is 5.91 Å². The van der Waals surface area contributed by atoms with Crippen molar-refractivity contribution in [3.05, 3.63) is 34.9 Å². The summed E-state index contributed by atoms with van der Waals surface area (Å²) in [5, 5.41) is 13.9. The van der Waals surface area contributed by atoms with Crippen LogP contribution in [0.5, 0.6) is 0 Å². The van der Waals surface area contributed by atoms with E-state index >= 15 is 0 Å². The van der Waals surface area contributed by atoms with Crippen LogP contribution in [0.4, 0.5) is 0 Å². The fraction of sp³-hybridized carbons (Fsp3) is 0.333. The first-order chi connectivity index (χ1) is 7.80. The molecule has 1 amide bonds. The van der Waals surface area contributed by atoms with Gasteiger partial charge in [0.2, 0.25) is 0 Å². The molecule has 4 nitrogen and oxygen atoms in total. The number of aliphatic hydroxyl groups is 1. The van der Waals surface area contributed by atoms with Crippen LogP contribution in [0.25, 0.3) is 0 Å². The first kappa shape index (κ1) is 13.7. The second kappa shape index (κ2) is 5.29. The molecular weight excluding hydrogens is 240 g/mol. The van der Waals surface area contributed by atoms with E-state index in [-0.39, 0.29) is 0 Å². The number of rotatable bonds is 3. The molecule has 17 heavy (non-hydrogen) atoms. The van der Waals surface area contributed by atoms with Crippen LogP contribution in [-0.4, -0.2) is 22.3 Å². The average molecular weight is 255 g/mol. The summed E-state index contributed by atoms with van der Waals surface area (Å²) in [5.74, 6) is -0.557. The maximum atomic E-state index is 11.4. The van der Waals surface area contributed by atoms with E-state index in [0.717, 1.165) is 5.56 Å². The third-order valence-electron chi connectivity index (χ3n) is 2.12. The van der Waals surface area contributed by atoms with Gasteiger partial charge in [0, 0.05) is 5.02 Å². The van der Waals surface area contributed by atoms with Crippen molar-refractivity contribution >= 4 is 23.2 Å². The van der Waals surface area contributed by atoms with E-state index < -0.39 is 11.5 Å². The smallest absolute Gasteiger partial charge is 0.271 e. The highest BCUT2D eigenvalue weighted by Crippen LogP contribution is 2.11. The van der Waals surface area contributed by atoms with Gasteiger partial charge in [-0.1, -0.05) is 23.7 Å². The molecule has 0 bridgehead atoms. The lowest BCUT2D eigenvalue weighted by atomic mass is 10.1. The standard InChI is InChI=1S/C12H15ClN2O2/c1-8(9-5-4-6-10(13)7-9)14-15-11(16)12(2,3)17/h4-7,17H,1-3H3,(H,15,16). The number of carbonyl (C=O) groups excluding carboxylic acids is 1. The maximum Gasteiger partial charge on any atom is 0.271 e. The second-order valence-electron chi connectivity index (χ2n) is 4.21. The molecule has 0 saturated carbocycles. The molecular formula is C12H15ClN2O2. The van der Waals surface area contributed by atoms with E-state index in [1.54, 1.807) is 25.1 Å². The third-order valence-corrected chi connectivity index (χ3v) is 2.36. The van der Waals surface area contributed by atoms with Crippen molar-refractivity contribution in [1.29, 1.82) is 0 Å². The molecule has 5 heteroatoms.